The van der Waals surface area contributed by atoms with Crippen molar-refractivity contribution in [3.05, 3.63) is 46.6 Å². The molecule has 5 nitrogen and oxygen atoms in total. The third-order valence-corrected chi connectivity index (χ3v) is 3.02. The summed E-state index contributed by atoms with van der Waals surface area (Å²) in [7, 11) is 0. The Bertz CT molecular complexity index is 617. The molecule has 1 N–H and O–H groups in total. The van der Waals surface area contributed by atoms with E-state index < -0.39 is 0 Å². The van der Waals surface area contributed by atoms with Gasteiger partial charge in [0.05, 0.1) is 6.54 Å². The van der Waals surface area contributed by atoms with Crippen LogP contribution >= 0.6 is 0 Å². The molecular formula is C15H19N3O2. The molecule has 0 aliphatic carbocycles. The van der Waals surface area contributed by atoms with Gasteiger partial charge in [0.15, 0.2) is 5.82 Å². The predicted octanol–water partition coefficient (Wildman–Crippen LogP) is 2.74. The molecule has 1 aromatic carbocycles. The Morgan fingerprint density at radius 3 is 2.75 bits per heavy atom. The molecule has 0 unspecified atom stereocenters. The maximum Gasteiger partial charge on any atom is 0.251 e. The SMILES string of the molecule is Cc1ccc(C)c(C(=O)NCc2noc(C(C)C)n2)c1. The molecule has 0 radical (unpaired) electrons. The number of nitrogens with one attached hydrogen (secondary N) is 1. The van der Waals surface area contributed by atoms with Gasteiger partial charge in [0.2, 0.25) is 5.89 Å². The van der Waals surface area contributed by atoms with Crippen LogP contribution in [0, 0.1) is 13.8 Å². The molecule has 0 aliphatic heterocycles. The van der Waals surface area contributed by atoms with Crippen molar-refractivity contribution < 1.29 is 9.32 Å². The summed E-state index contributed by atoms with van der Waals surface area (Å²) in [5, 5.41) is 6.65. The third kappa shape index (κ3) is 3.23. The Hall–Kier alpha value is -2.17. The van der Waals surface area contributed by atoms with Gasteiger partial charge in [-0.3, -0.25) is 4.79 Å². The molecule has 20 heavy (non-hydrogen) atoms. The van der Waals surface area contributed by atoms with Crippen molar-refractivity contribution in [3.8, 4) is 0 Å². The Labute approximate surface area is 118 Å². The Morgan fingerprint density at radius 2 is 2.10 bits per heavy atom. The number of hydrogen-bond acceptors (Lipinski definition) is 4. The van der Waals surface area contributed by atoms with Gasteiger partial charge in [0, 0.05) is 11.5 Å². The zero-order valence-electron chi connectivity index (χ0n) is 12.2. The van der Waals surface area contributed by atoms with Crippen LogP contribution in [0.15, 0.2) is 22.7 Å². The van der Waals surface area contributed by atoms with Crippen LogP contribution in [0.25, 0.3) is 0 Å². The number of hydrogen-bond donors (Lipinski definition) is 1. The number of carbonyl (C=O) groups excluding carboxylic acids is 1. The highest BCUT2D eigenvalue weighted by Crippen LogP contribution is 2.12. The Morgan fingerprint density at radius 1 is 1.35 bits per heavy atom. The molecule has 0 atom stereocenters. The lowest BCUT2D eigenvalue weighted by molar-refractivity contribution is 0.0949. The number of nitrogens with zero attached hydrogens (tertiary/aromatic N) is 2. The summed E-state index contributed by atoms with van der Waals surface area (Å²) >= 11 is 0. The molecule has 106 valence electrons. The topological polar surface area (TPSA) is 68.0 Å². The highest BCUT2D eigenvalue weighted by Gasteiger charge is 2.12. The van der Waals surface area contributed by atoms with Crippen molar-refractivity contribution in [2.45, 2.75) is 40.2 Å². The minimum absolute atomic E-state index is 0.123. The van der Waals surface area contributed by atoms with Crippen molar-refractivity contribution in [3.63, 3.8) is 0 Å². The molecule has 0 saturated carbocycles. The van der Waals surface area contributed by atoms with Crippen molar-refractivity contribution in [1.82, 2.24) is 15.5 Å². The van der Waals surface area contributed by atoms with E-state index in [0.29, 0.717) is 17.3 Å². The number of benzene rings is 1. The summed E-state index contributed by atoms with van der Waals surface area (Å²) in [6.07, 6.45) is 0. The molecule has 0 bridgehead atoms. The number of carbonyl (C=O) groups is 1. The van der Waals surface area contributed by atoms with E-state index in [1.54, 1.807) is 0 Å². The average molecular weight is 273 g/mol. The van der Waals surface area contributed by atoms with Gasteiger partial charge in [-0.1, -0.05) is 36.7 Å². The van der Waals surface area contributed by atoms with Gasteiger partial charge in [0.1, 0.15) is 0 Å². The van der Waals surface area contributed by atoms with Crippen LogP contribution in [-0.4, -0.2) is 16.0 Å². The van der Waals surface area contributed by atoms with E-state index in [2.05, 4.69) is 15.5 Å². The van der Waals surface area contributed by atoms with Crippen molar-refractivity contribution in [2.24, 2.45) is 0 Å². The largest absolute Gasteiger partial charge is 0.345 e. The second-order valence-corrected chi connectivity index (χ2v) is 5.20. The van der Waals surface area contributed by atoms with Crippen molar-refractivity contribution >= 4 is 5.91 Å². The summed E-state index contributed by atoms with van der Waals surface area (Å²) in [5.41, 5.74) is 2.68. The van der Waals surface area contributed by atoms with Gasteiger partial charge in [-0.05, 0) is 25.5 Å². The Balaban J connectivity index is 2.02. The van der Waals surface area contributed by atoms with E-state index >= 15 is 0 Å². The first-order chi connectivity index (χ1) is 9.47. The van der Waals surface area contributed by atoms with Gasteiger partial charge in [-0.25, -0.2) is 0 Å². The van der Waals surface area contributed by atoms with Crippen LogP contribution in [0.5, 0.6) is 0 Å². The zero-order chi connectivity index (χ0) is 14.7. The maximum atomic E-state index is 12.1. The molecule has 0 spiro atoms. The fourth-order valence-electron chi connectivity index (χ4n) is 1.81. The molecule has 1 amide bonds. The second kappa shape index (κ2) is 5.86. The average Bonchev–Trinajstić information content (AvgIpc) is 2.88. The number of aromatic nitrogens is 2. The summed E-state index contributed by atoms with van der Waals surface area (Å²) in [6, 6.07) is 5.80. The van der Waals surface area contributed by atoms with Crippen molar-refractivity contribution in [2.75, 3.05) is 0 Å². The van der Waals surface area contributed by atoms with Crippen LogP contribution in [0.3, 0.4) is 0 Å². The van der Waals surface area contributed by atoms with Gasteiger partial charge >= 0.3 is 0 Å². The number of aryl methyl sites for hydroxylation is 2. The van der Waals surface area contributed by atoms with Crippen LogP contribution in [0.1, 0.15) is 53.0 Å². The van der Waals surface area contributed by atoms with E-state index in [1.165, 1.54) is 0 Å². The summed E-state index contributed by atoms with van der Waals surface area (Å²) in [4.78, 5) is 16.4. The monoisotopic (exact) mass is 273 g/mol. The quantitative estimate of drug-likeness (QED) is 0.930. The third-order valence-electron chi connectivity index (χ3n) is 3.02. The van der Waals surface area contributed by atoms with E-state index in [1.807, 2.05) is 45.9 Å². The normalized spacial score (nSPS) is 10.8. The zero-order valence-corrected chi connectivity index (χ0v) is 12.2. The minimum atomic E-state index is -0.123. The molecule has 2 aromatic rings. The predicted molar refractivity (Wildman–Crippen MR) is 75.5 cm³/mol. The fourth-order valence-corrected chi connectivity index (χ4v) is 1.81. The summed E-state index contributed by atoms with van der Waals surface area (Å²) < 4.78 is 5.09. The molecule has 5 heteroatoms. The summed E-state index contributed by atoms with van der Waals surface area (Å²) in [6.45, 7) is 8.10. The Kier molecular flexibility index (Phi) is 4.17. The standard InChI is InChI=1S/C15H19N3O2/c1-9(2)15-17-13(18-20-15)8-16-14(19)12-7-10(3)5-6-11(12)4/h5-7,9H,8H2,1-4H3,(H,16,19). The molecule has 0 saturated heterocycles. The molecule has 1 heterocycles. The molecule has 2 rings (SSSR count). The lowest BCUT2D eigenvalue weighted by Gasteiger charge is -2.06. The molecule has 0 fully saturated rings. The smallest absolute Gasteiger partial charge is 0.251 e. The van der Waals surface area contributed by atoms with E-state index in [4.69, 9.17) is 4.52 Å². The number of rotatable bonds is 4. The fraction of sp³-hybridized carbons (Fsp3) is 0.400. The highest BCUT2D eigenvalue weighted by atomic mass is 16.5. The first kappa shape index (κ1) is 14.2. The van der Waals surface area contributed by atoms with E-state index in [-0.39, 0.29) is 18.4 Å². The van der Waals surface area contributed by atoms with Gasteiger partial charge in [0.25, 0.3) is 5.91 Å². The van der Waals surface area contributed by atoms with Crippen LogP contribution in [0.2, 0.25) is 0 Å². The van der Waals surface area contributed by atoms with Crippen LogP contribution in [0.4, 0.5) is 0 Å². The van der Waals surface area contributed by atoms with E-state index in [9.17, 15) is 4.79 Å². The van der Waals surface area contributed by atoms with Gasteiger partial charge in [-0.15, -0.1) is 0 Å². The lowest BCUT2D eigenvalue weighted by atomic mass is 10.1. The van der Waals surface area contributed by atoms with Crippen LogP contribution in [-0.2, 0) is 6.54 Å². The molecule has 1 aromatic heterocycles. The van der Waals surface area contributed by atoms with E-state index in [0.717, 1.165) is 11.1 Å². The van der Waals surface area contributed by atoms with Gasteiger partial charge in [-0.2, -0.15) is 4.98 Å². The first-order valence-corrected chi connectivity index (χ1v) is 6.65. The lowest BCUT2D eigenvalue weighted by Crippen LogP contribution is -2.24. The summed E-state index contributed by atoms with van der Waals surface area (Å²) in [5.74, 6) is 1.14. The van der Waals surface area contributed by atoms with Crippen molar-refractivity contribution in [1.29, 1.82) is 0 Å². The van der Waals surface area contributed by atoms with Gasteiger partial charge < -0.3 is 9.84 Å². The maximum absolute atomic E-state index is 12.1. The molecule has 0 aliphatic rings. The minimum Gasteiger partial charge on any atom is -0.345 e. The second-order valence-electron chi connectivity index (χ2n) is 5.20. The first-order valence-electron chi connectivity index (χ1n) is 6.65. The molecular weight excluding hydrogens is 254 g/mol. The highest BCUT2D eigenvalue weighted by molar-refractivity contribution is 5.95. The number of amides is 1. The van der Waals surface area contributed by atoms with Crippen LogP contribution < -0.4 is 5.32 Å².